The zero-order valence-corrected chi connectivity index (χ0v) is 32.3. The first-order valence-electron chi connectivity index (χ1n) is 17.5. The van der Waals surface area contributed by atoms with Gasteiger partial charge < -0.3 is 24.8 Å². The number of rotatable bonds is 14. The fourth-order valence-electron chi connectivity index (χ4n) is 6.50. The third-order valence-electron chi connectivity index (χ3n) is 9.22. The molecule has 3 aromatic heterocycles. The van der Waals surface area contributed by atoms with E-state index in [1.165, 1.54) is 36.9 Å². The van der Waals surface area contributed by atoms with Crippen LogP contribution in [-0.2, 0) is 4.74 Å². The van der Waals surface area contributed by atoms with Crippen molar-refractivity contribution in [3.63, 3.8) is 0 Å². The molecular formula is C35H46BClF3N7O5S. The molecule has 1 saturated carbocycles. The smallest absolute Gasteiger partial charge is 0.410 e. The topological polar surface area (TPSA) is 144 Å². The van der Waals surface area contributed by atoms with Crippen molar-refractivity contribution in [3.05, 3.63) is 53.3 Å². The van der Waals surface area contributed by atoms with E-state index in [-0.39, 0.29) is 53.5 Å². The van der Waals surface area contributed by atoms with Gasteiger partial charge in [0.05, 0.1) is 16.5 Å². The number of nitrogens with zero attached hydrogens (tertiary/aromatic N) is 5. The Morgan fingerprint density at radius 2 is 1.87 bits per heavy atom. The monoisotopic (exact) mass is 779 g/mol. The van der Waals surface area contributed by atoms with E-state index in [0.717, 1.165) is 31.2 Å². The molecule has 0 radical (unpaired) electrons. The minimum Gasteiger partial charge on any atom is -0.474 e. The van der Waals surface area contributed by atoms with E-state index in [1.54, 1.807) is 6.07 Å². The maximum atomic E-state index is 13.4. The molecule has 3 N–H and O–H groups in total. The minimum atomic E-state index is -4.38. The average Bonchev–Trinajstić information content (AvgIpc) is 3.55. The van der Waals surface area contributed by atoms with E-state index >= 15 is 0 Å². The summed E-state index contributed by atoms with van der Waals surface area (Å²) in [6, 6.07) is 9.95. The maximum absolute atomic E-state index is 13.4. The molecule has 53 heavy (non-hydrogen) atoms. The Labute approximate surface area is 317 Å². The quantitative estimate of drug-likeness (QED) is 0.0727. The number of aromatic nitrogens is 4. The van der Waals surface area contributed by atoms with Crippen LogP contribution >= 0.6 is 23.5 Å². The first kappa shape index (κ1) is 40.5. The second-order valence-electron chi connectivity index (χ2n) is 15.8. The van der Waals surface area contributed by atoms with E-state index in [1.807, 2.05) is 37.8 Å². The summed E-state index contributed by atoms with van der Waals surface area (Å²) in [4.78, 5) is 36.4. The Balaban J connectivity index is 1.06. The molecule has 0 bridgehead atoms. The zero-order chi connectivity index (χ0) is 38.8. The van der Waals surface area contributed by atoms with Crippen LogP contribution in [0.2, 0.25) is 5.15 Å². The van der Waals surface area contributed by atoms with Gasteiger partial charge in [-0.15, -0.1) is 5.10 Å². The van der Waals surface area contributed by atoms with Gasteiger partial charge >= 0.3 is 12.3 Å². The molecule has 1 aliphatic carbocycles. The summed E-state index contributed by atoms with van der Waals surface area (Å²) in [6.45, 7) is 10.7. The van der Waals surface area contributed by atoms with Crippen LogP contribution in [0.25, 0.3) is 5.82 Å². The van der Waals surface area contributed by atoms with E-state index in [4.69, 9.17) is 21.1 Å². The van der Waals surface area contributed by atoms with E-state index in [2.05, 4.69) is 39.0 Å². The van der Waals surface area contributed by atoms with Gasteiger partial charge in [0.15, 0.2) is 5.82 Å². The maximum Gasteiger partial charge on any atom is 0.410 e. The van der Waals surface area contributed by atoms with Crippen molar-refractivity contribution >= 4 is 49.2 Å². The number of aliphatic hydroxyl groups is 1. The van der Waals surface area contributed by atoms with Gasteiger partial charge in [-0.3, -0.25) is 9.52 Å². The standard InChI is InChI=1S/C35H46BClF3N7O5S/c1-31(2,3)52-30(49)46-19-22(18-32(46,4)5)8-7-16-41-24-9-6-10-27(42-24)53-45-29(48)23-11-12-25(43-28(23)37)47-17-13-26(44-47)51-21-34(36,50)20-33(14-15-33)35(38,39)40/h6,9-13,17,22,50H,7-8,14-16,18-21,36H2,1-5H3,(H,41,42)(H,45,48). The number of nitrogens with one attached hydrogen (secondary N) is 2. The highest BCUT2D eigenvalue weighted by molar-refractivity contribution is 7.97. The Bertz CT molecular complexity index is 1780. The Kier molecular flexibility index (Phi) is 11.9. The van der Waals surface area contributed by atoms with Crippen LogP contribution < -0.4 is 14.8 Å². The third-order valence-corrected chi connectivity index (χ3v) is 10.2. The van der Waals surface area contributed by atoms with Crippen molar-refractivity contribution in [2.45, 2.75) is 101 Å². The van der Waals surface area contributed by atoms with Gasteiger partial charge in [-0.1, -0.05) is 17.7 Å². The van der Waals surface area contributed by atoms with Crippen molar-refractivity contribution in [1.82, 2.24) is 29.4 Å². The predicted octanol–water partition coefficient (Wildman–Crippen LogP) is 6.41. The Morgan fingerprint density at radius 3 is 2.53 bits per heavy atom. The van der Waals surface area contributed by atoms with Crippen LogP contribution in [0.1, 0.15) is 83.5 Å². The van der Waals surface area contributed by atoms with Crippen LogP contribution in [0, 0.1) is 11.3 Å². The molecule has 3 aromatic rings. The Morgan fingerprint density at radius 1 is 1.13 bits per heavy atom. The van der Waals surface area contributed by atoms with E-state index in [0.29, 0.717) is 29.9 Å². The van der Waals surface area contributed by atoms with E-state index in [9.17, 15) is 27.9 Å². The highest BCUT2D eigenvalue weighted by atomic mass is 35.5. The number of carbonyl (C=O) groups is 2. The Hall–Kier alpha value is -3.70. The molecule has 2 unspecified atom stereocenters. The molecule has 5 rings (SSSR count). The lowest BCUT2D eigenvalue weighted by atomic mass is 9.74. The molecule has 18 heteroatoms. The number of likely N-dealkylation sites (tertiary alicyclic amines) is 1. The number of amides is 2. The van der Waals surface area contributed by atoms with Crippen LogP contribution in [0.5, 0.6) is 5.88 Å². The van der Waals surface area contributed by atoms with Crippen molar-refractivity contribution in [2.75, 3.05) is 25.0 Å². The van der Waals surface area contributed by atoms with Gasteiger partial charge in [0.25, 0.3) is 5.91 Å². The number of halogens is 4. The van der Waals surface area contributed by atoms with Crippen molar-refractivity contribution < 1.29 is 37.3 Å². The third kappa shape index (κ3) is 10.7. The number of carbonyl (C=O) groups excluding carboxylic acids is 2. The molecule has 12 nitrogen and oxygen atoms in total. The fraction of sp³-hybridized carbons (Fsp3) is 0.571. The van der Waals surface area contributed by atoms with Gasteiger partial charge in [0, 0.05) is 42.8 Å². The SMILES string of the molecule is BC(O)(COc1ccn(-c2ccc(C(=O)NSc3cccc(NCCCC4CN(C(=O)OC(C)(C)C)C(C)(C)C4)n3)c(Cl)n2)n1)CC1(C(F)(F)F)CC1. The van der Waals surface area contributed by atoms with Gasteiger partial charge in [-0.2, -0.15) is 13.2 Å². The predicted molar refractivity (Wildman–Crippen MR) is 198 cm³/mol. The lowest BCUT2D eigenvalue weighted by Gasteiger charge is -2.33. The molecule has 2 atom stereocenters. The second-order valence-corrected chi connectivity index (χ2v) is 17.0. The zero-order valence-electron chi connectivity index (χ0n) is 30.7. The summed E-state index contributed by atoms with van der Waals surface area (Å²) in [5.74, 6) is 0.892. The summed E-state index contributed by atoms with van der Waals surface area (Å²) in [7, 11) is 1.31. The fourth-order valence-corrected chi connectivity index (χ4v) is 7.34. The second kappa shape index (κ2) is 15.6. The summed E-state index contributed by atoms with van der Waals surface area (Å²) >= 11 is 7.39. The summed E-state index contributed by atoms with van der Waals surface area (Å²) < 4.78 is 55.2. The minimum absolute atomic E-state index is 0.0107. The van der Waals surface area contributed by atoms with Crippen molar-refractivity contribution in [3.8, 4) is 11.7 Å². The molecule has 4 heterocycles. The molecule has 1 aliphatic heterocycles. The summed E-state index contributed by atoms with van der Waals surface area (Å²) in [6.07, 6.45) is -0.878. The average molecular weight is 780 g/mol. The van der Waals surface area contributed by atoms with Gasteiger partial charge in [0.1, 0.15) is 36.1 Å². The molecular weight excluding hydrogens is 734 g/mol. The number of anilines is 1. The molecule has 288 valence electrons. The molecule has 2 fully saturated rings. The van der Waals surface area contributed by atoms with Gasteiger partial charge in [-0.25, -0.2) is 19.4 Å². The first-order valence-corrected chi connectivity index (χ1v) is 18.7. The number of ether oxygens (including phenoxy) is 2. The lowest BCUT2D eigenvalue weighted by Crippen LogP contribution is -2.45. The number of hydrogen-bond donors (Lipinski definition) is 3. The molecule has 0 spiro atoms. The highest BCUT2D eigenvalue weighted by Crippen LogP contribution is 2.61. The van der Waals surface area contributed by atoms with Crippen LogP contribution in [0.15, 0.2) is 47.6 Å². The first-order chi connectivity index (χ1) is 24.7. The van der Waals surface area contributed by atoms with Crippen molar-refractivity contribution in [1.29, 1.82) is 0 Å². The lowest BCUT2D eigenvalue weighted by molar-refractivity contribution is -0.198. The number of pyridine rings is 2. The van der Waals surface area contributed by atoms with Crippen LogP contribution in [0.3, 0.4) is 0 Å². The van der Waals surface area contributed by atoms with Gasteiger partial charge in [-0.05, 0) is 103 Å². The largest absolute Gasteiger partial charge is 0.474 e. The highest BCUT2D eigenvalue weighted by Gasteiger charge is 2.64. The molecule has 0 aromatic carbocycles. The van der Waals surface area contributed by atoms with Crippen LogP contribution in [-0.4, -0.2) is 92.1 Å². The normalized spacial score (nSPS) is 19.0. The molecule has 1 saturated heterocycles. The summed E-state index contributed by atoms with van der Waals surface area (Å²) in [5, 5.41) is 18.6. The molecule has 2 aliphatic rings. The summed E-state index contributed by atoms with van der Waals surface area (Å²) in [5.41, 5.74) is -4.26. The van der Waals surface area contributed by atoms with Crippen LogP contribution in [0.4, 0.5) is 23.8 Å². The number of alkyl halides is 3. The van der Waals surface area contributed by atoms with Crippen molar-refractivity contribution in [2.24, 2.45) is 11.3 Å². The number of hydrogen-bond acceptors (Lipinski definition) is 10. The molecule has 2 amide bonds. The van der Waals surface area contributed by atoms with Gasteiger partial charge in [0.2, 0.25) is 5.88 Å². The van der Waals surface area contributed by atoms with E-state index < -0.39 is 35.0 Å².